The van der Waals surface area contributed by atoms with Crippen molar-refractivity contribution in [3.05, 3.63) is 59.7 Å². The lowest BCUT2D eigenvalue weighted by Crippen LogP contribution is -2.72. The standard InChI is InChI=1S/C22H23F3N2O5/c1-3-31-17-11-15(9-10-16(17)32-12-14-7-5-4-6-8-14)19-18(13(2)28)21(30,22(23,24)25)27-20(29)26-19/h4-11,18-19,30H,3,12H2,1-2H3,(H2,26,27,29). The monoisotopic (exact) mass is 452 g/mol. The molecule has 2 aromatic carbocycles. The van der Waals surface area contributed by atoms with Crippen LogP contribution in [0.15, 0.2) is 48.5 Å². The van der Waals surface area contributed by atoms with Crippen LogP contribution in [0, 0.1) is 5.92 Å². The zero-order chi connectivity index (χ0) is 23.5. The largest absolute Gasteiger partial charge is 0.490 e. The molecule has 2 amide bonds. The van der Waals surface area contributed by atoms with Crippen molar-refractivity contribution in [2.45, 2.75) is 38.4 Å². The minimum atomic E-state index is -5.28. The fraction of sp³-hybridized carbons (Fsp3) is 0.364. The molecule has 0 spiro atoms. The van der Waals surface area contributed by atoms with E-state index in [2.05, 4.69) is 5.32 Å². The molecule has 3 atom stereocenters. The van der Waals surface area contributed by atoms with E-state index in [0.29, 0.717) is 5.75 Å². The first-order chi connectivity index (χ1) is 15.1. The first kappa shape index (κ1) is 23.4. The van der Waals surface area contributed by atoms with E-state index in [1.807, 2.05) is 30.3 Å². The van der Waals surface area contributed by atoms with E-state index < -0.39 is 35.7 Å². The number of aliphatic hydroxyl groups is 1. The van der Waals surface area contributed by atoms with Gasteiger partial charge in [0.1, 0.15) is 12.4 Å². The molecule has 1 aliphatic heterocycles. The van der Waals surface area contributed by atoms with E-state index in [0.717, 1.165) is 12.5 Å². The van der Waals surface area contributed by atoms with E-state index in [1.165, 1.54) is 23.5 Å². The summed E-state index contributed by atoms with van der Waals surface area (Å²) in [5, 5.41) is 14.1. The Morgan fingerprint density at radius 1 is 1.12 bits per heavy atom. The minimum absolute atomic E-state index is 0.151. The Bertz CT molecular complexity index is 983. The first-order valence-corrected chi connectivity index (χ1v) is 9.88. The second-order valence-corrected chi connectivity index (χ2v) is 7.34. The van der Waals surface area contributed by atoms with E-state index in [4.69, 9.17) is 9.47 Å². The maximum absolute atomic E-state index is 13.6. The summed E-state index contributed by atoms with van der Waals surface area (Å²) in [7, 11) is 0. The molecule has 3 unspecified atom stereocenters. The van der Waals surface area contributed by atoms with Gasteiger partial charge in [0, 0.05) is 0 Å². The topological polar surface area (TPSA) is 96.9 Å². The summed E-state index contributed by atoms with van der Waals surface area (Å²) >= 11 is 0. The third-order valence-corrected chi connectivity index (χ3v) is 5.11. The predicted molar refractivity (Wildman–Crippen MR) is 108 cm³/mol. The lowest BCUT2D eigenvalue weighted by molar-refractivity contribution is -0.290. The van der Waals surface area contributed by atoms with Gasteiger partial charge in [-0.1, -0.05) is 36.4 Å². The number of benzene rings is 2. The molecule has 10 heteroatoms. The summed E-state index contributed by atoms with van der Waals surface area (Å²) in [6.07, 6.45) is -5.28. The van der Waals surface area contributed by atoms with Crippen molar-refractivity contribution in [1.29, 1.82) is 0 Å². The molecule has 3 N–H and O–H groups in total. The highest BCUT2D eigenvalue weighted by atomic mass is 19.4. The second kappa shape index (κ2) is 9.07. The van der Waals surface area contributed by atoms with Gasteiger partial charge in [-0.25, -0.2) is 4.79 Å². The molecule has 0 radical (unpaired) electrons. The molecule has 0 aromatic heterocycles. The molecule has 3 rings (SSSR count). The quantitative estimate of drug-likeness (QED) is 0.598. The summed E-state index contributed by atoms with van der Waals surface area (Å²) in [6, 6.07) is 10.9. The smallest absolute Gasteiger partial charge is 0.437 e. The summed E-state index contributed by atoms with van der Waals surface area (Å²) in [6.45, 7) is 3.12. The number of halogens is 3. The first-order valence-electron chi connectivity index (χ1n) is 9.88. The van der Waals surface area contributed by atoms with Crippen LogP contribution >= 0.6 is 0 Å². The van der Waals surface area contributed by atoms with Gasteiger partial charge in [0.15, 0.2) is 11.5 Å². The maximum Gasteiger partial charge on any atom is 0.437 e. The zero-order valence-electron chi connectivity index (χ0n) is 17.4. The van der Waals surface area contributed by atoms with Gasteiger partial charge in [0.05, 0.1) is 18.6 Å². The second-order valence-electron chi connectivity index (χ2n) is 7.34. The van der Waals surface area contributed by atoms with Crippen molar-refractivity contribution >= 4 is 11.8 Å². The molecule has 32 heavy (non-hydrogen) atoms. The van der Waals surface area contributed by atoms with Crippen LogP contribution in [0.25, 0.3) is 0 Å². The van der Waals surface area contributed by atoms with Gasteiger partial charge in [0.2, 0.25) is 5.72 Å². The number of carbonyl (C=O) groups is 2. The van der Waals surface area contributed by atoms with Crippen LogP contribution in [0.3, 0.4) is 0 Å². The number of nitrogens with one attached hydrogen (secondary N) is 2. The van der Waals surface area contributed by atoms with Crippen molar-refractivity contribution in [1.82, 2.24) is 10.6 Å². The summed E-state index contributed by atoms with van der Waals surface area (Å²) < 4.78 is 52.3. The molecule has 172 valence electrons. The maximum atomic E-state index is 13.6. The Hall–Kier alpha value is -3.27. The number of Topliss-reactive ketones (excluding diaryl/α,β-unsaturated/α-hetero) is 1. The molecule has 0 saturated carbocycles. The Morgan fingerprint density at radius 3 is 2.41 bits per heavy atom. The lowest BCUT2D eigenvalue weighted by Gasteiger charge is -2.44. The molecule has 1 aliphatic rings. The van der Waals surface area contributed by atoms with Crippen molar-refractivity contribution < 1.29 is 37.3 Å². The van der Waals surface area contributed by atoms with Gasteiger partial charge in [-0.05, 0) is 37.1 Å². The van der Waals surface area contributed by atoms with Crippen LogP contribution in [-0.2, 0) is 11.4 Å². The normalized spacial score (nSPS) is 23.1. The van der Waals surface area contributed by atoms with Gasteiger partial charge < -0.3 is 25.2 Å². The number of ether oxygens (including phenoxy) is 2. The van der Waals surface area contributed by atoms with Gasteiger partial charge in [-0.15, -0.1) is 0 Å². The third-order valence-electron chi connectivity index (χ3n) is 5.11. The molecule has 1 saturated heterocycles. The predicted octanol–water partition coefficient (Wildman–Crippen LogP) is 3.47. The van der Waals surface area contributed by atoms with Crippen LogP contribution in [-0.4, -0.2) is 35.4 Å². The molecular formula is C22H23F3N2O5. The highest BCUT2D eigenvalue weighted by Gasteiger charge is 2.65. The Kier molecular flexibility index (Phi) is 6.63. The fourth-order valence-corrected chi connectivity index (χ4v) is 3.65. The van der Waals surface area contributed by atoms with Crippen molar-refractivity contribution in [3.8, 4) is 11.5 Å². The van der Waals surface area contributed by atoms with Gasteiger partial charge in [-0.2, -0.15) is 13.2 Å². The Morgan fingerprint density at radius 2 is 1.81 bits per heavy atom. The lowest BCUT2D eigenvalue weighted by atomic mass is 9.79. The molecular weight excluding hydrogens is 429 g/mol. The number of alkyl halides is 3. The van der Waals surface area contributed by atoms with E-state index in [-0.39, 0.29) is 24.5 Å². The highest BCUT2D eigenvalue weighted by molar-refractivity contribution is 5.86. The Balaban J connectivity index is 1.96. The number of rotatable bonds is 7. The molecule has 0 bridgehead atoms. The minimum Gasteiger partial charge on any atom is -0.490 e. The number of urea groups is 1. The summed E-state index contributed by atoms with van der Waals surface area (Å²) in [5.41, 5.74) is -2.67. The molecule has 2 aromatic rings. The fourth-order valence-electron chi connectivity index (χ4n) is 3.65. The van der Waals surface area contributed by atoms with Crippen LogP contribution in [0.1, 0.15) is 31.0 Å². The van der Waals surface area contributed by atoms with Crippen LogP contribution in [0.2, 0.25) is 0 Å². The number of carbonyl (C=O) groups excluding carboxylic acids is 2. The van der Waals surface area contributed by atoms with Crippen LogP contribution in [0.5, 0.6) is 11.5 Å². The summed E-state index contributed by atoms with van der Waals surface area (Å²) in [4.78, 5) is 24.1. The van der Waals surface area contributed by atoms with Crippen molar-refractivity contribution in [2.24, 2.45) is 5.92 Å². The van der Waals surface area contributed by atoms with Gasteiger partial charge in [0.25, 0.3) is 0 Å². The summed E-state index contributed by atoms with van der Waals surface area (Å²) in [5.74, 6) is -2.41. The molecule has 7 nitrogen and oxygen atoms in total. The van der Waals surface area contributed by atoms with Gasteiger partial charge >= 0.3 is 12.2 Å². The zero-order valence-corrected chi connectivity index (χ0v) is 17.4. The third kappa shape index (κ3) is 4.64. The number of hydrogen-bond donors (Lipinski definition) is 3. The molecule has 1 heterocycles. The van der Waals surface area contributed by atoms with E-state index in [9.17, 15) is 27.9 Å². The van der Waals surface area contributed by atoms with E-state index in [1.54, 1.807) is 6.92 Å². The number of hydrogen-bond acceptors (Lipinski definition) is 5. The molecule has 0 aliphatic carbocycles. The molecule has 1 fully saturated rings. The van der Waals surface area contributed by atoms with Crippen molar-refractivity contribution in [2.75, 3.05) is 6.61 Å². The SMILES string of the molecule is CCOc1cc(C2NC(=O)NC(O)(C(F)(F)F)C2C(C)=O)ccc1OCc1ccccc1. The van der Waals surface area contributed by atoms with Crippen LogP contribution in [0.4, 0.5) is 18.0 Å². The number of amides is 2. The Labute approximate surface area is 182 Å². The van der Waals surface area contributed by atoms with Gasteiger partial charge in [-0.3, -0.25) is 4.79 Å². The van der Waals surface area contributed by atoms with Crippen LogP contribution < -0.4 is 20.1 Å². The average molecular weight is 452 g/mol. The van der Waals surface area contributed by atoms with E-state index >= 15 is 0 Å². The average Bonchev–Trinajstić information content (AvgIpc) is 2.72. The number of ketones is 1. The van der Waals surface area contributed by atoms with Crippen molar-refractivity contribution in [3.63, 3.8) is 0 Å². The highest BCUT2D eigenvalue weighted by Crippen LogP contribution is 2.44.